The first kappa shape index (κ1) is 12.5. The average Bonchev–Trinajstić information content (AvgIpc) is 2.56. The summed E-state index contributed by atoms with van der Waals surface area (Å²) in [6, 6.07) is 4.44. The van der Waals surface area contributed by atoms with Crippen molar-refractivity contribution < 1.29 is 8.42 Å². The number of aryl methyl sites for hydroxylation is 2. The van der Waals surface area contributed by atoms with Gasteiger partial charge in [-0.1, -0.05) is 0 Å². The van der Waals surface area contributed by atoms with Crippen LogP contribution in [0, 0.1) is 13.8 Å². The quantitative estimate of drug-likeness (QED) is 0.749. The molecule has 0 aliphatic rings. The standard InChI is InChI=1S/C10H13N5O2S/c1-6-13-7(2)15(14-6)9-4-3-8(11)5-10(9)18(12,16)17/h3-5H,11H2,1-2H3,(H2,12,16,17). The van der Waals surface area contributed by atoms with Gasteiger partial charge in [0.1, 0.15) is 16.5 Å². The van der Waals surface area contributed by atoms with E-state index < -0.39 is 10.0 Å². The van der Waals surface area contributed by atoms with E-state index in [1.54, 1.807) is 26.0 Å². The summed E-state index contributed by atoms with van der Waals surface area (Å²) >= 11 is 0. The molecule has 18 heavy (non-hydrogen) atoms. The number of hydrogen-bond donors (Lipinski definition) is 2. The Morgan fingerprint density at radius 3 is 2.44 bits per heavy atom. The summed E-state index contributed by atoms with van der Waals surface area (Å²) in [5.41, 5.74) is 6.23. The molecule has 0 bridgehead atoms. The van der Waals surface area contributed by atoms with Gasteiger partial charge in [-0.15, -0.1) is 0 Å². The molecular formula is C10H13N5O2S. The zero-order valence-corrected chi connectivity index (χ0v) is 10.8. The van der Waals surface area contributed by atoms with Gasteiger partial charge in [0.05, 0.1) is 5.69 Å². The Kier molecular flexibility index (Phi) is 2.83. The summed E-state index contributed by atoms with van der Waals surface area (Å²) in [7, 11) is -3.88. The first-order valence-corrected chi connectivity index (χ1v) is 6.66. The van der Waals surface area contributed by atoms with Gasteiger partial charge < -0.3 is 5.73 Å². The van der Waals surface area contributed by atoms with Gasteiger partial charge >= 0.3 is 0 Å². The minimum Gasteiger partial charge on any atom is -0.399 e. The van der Waals surface area contributed by atoms with Gasteiger partial charge in [-0.3, -0.25) is 0 Å². The minimum atomic E-state index is -3.88. The maximum atomic E-state index is 11.6. The van der Waals surface area contributed by atoms with E-state index in [0.29, 0.717) is 23.0 Å². The molecule has 0 aliphatic heterocycles. The Morgan fingerprint density at radius 2 is 1.94 bits per heavy atom. The SMILES string of the molecule is Cc1nc(C)n(-c2ccc(N)cc2S(N)(=O)=O)n1. The summed E-state index contributed by atoms with van der Waals surface area (Å²) < 4.78 is 24.5. The number of anilines is 1. The van der Waals surface area contributed by atoms with Gasteiger partial charge in [0, 0.05) is 5.69 Å². The number of aromatic nitrogens is 3. The van der Waals surface area contributed by atoms with E-state index >= 15 is 0 Å². The predicted molar refractivity (Wildman–Crippen MR) is 66.6 cm³/mol. The molecule has 0 spiro atoms. The molecule has 0 amide bonds. The second kappa shape index (κ2) is 4.07. The Balaban J connectivity index is 2.76. The van der Waals surface area contributed by atoms with Crippen molar-refractivity contribution in [3.63, 3.8) is 0 Å². The van der Waals surface area contributed by atoms with Crippen LogP contribution in [-0.4, -0.2) is 23.2 Å². The Hall–Kier alpha value is -1.93. The number of nitrogens with two attached hydrogens (primary N) is 2. The van der Waals surface area contributed by atoms with Gasteiger partial charge in [0.15, 0.2) is 0 Å². The third-order valence-corrected chi connectivity index (χ3v) is 3.33. The summed E-state index contributed by atoms with van der Waals surface area (Å²) in [5.74, 6) is 1.12. The van der Waals surface area contributed by atoms with Crippen molar-refractivity contribution in [3.05, 3.63) is 29.8 Å². The van der Waals surface area contributed by atoms with E-state index in [4.69, 9.17) is 10.9 Å². The third-order valence-electron chi connectivity index (χ3n) is 2.39. The number of sulfonamides is 1. The molecule has 1 heterocycles. The second-order valence-electron chi connectivity index (χ2n) is 3.89. The molecule has 1 aromatic carbocycles. The fraction of sp³-hybridized carbons (Fsp3) is 0.200. The van der Waals surface area contributed by atoms with Crippen molar-refractivity contribution in [2.75, 3.05) is 5.73 Å². The Bertz CT molecular complexity index is 705. The third kappa shape index (κ3) is 2.20. The van der Waals surface area contributed by atoms with E-state index in [0.717, 1.165) is 0 Å². The molecule has 2 rings (SSSR count). The van der Waals surface area contributed by atoms with Crippen LogP contribution in [0.5, 0.6) is 0 Å². The number of nitrogens with zero attached hydrogens (tertiary/aromatic N) is 3. The van der Waals surface area contributed by atoms with E-state index in [9.17, 15) is 8.42 Å². The highest BCUT2D eigenvalue weighted by Crippen LogP contribution is 2.22. The average molecular weight is 267 g/mol. The lowest BCUT2D eigenvalue weighted by Crippen LogP contribution is -2.16. The number of rotatable bonds is 2. The Labute approximate surface area is 104 Å². The molecule has 0 radical (unpaired) electrons. The van der Waals surface area contributed by atoms with Crippen LogP contribution >= 0.6 is 0 Å². The molecule has 0 saturated heterocycles. The molecule has 0 unspecified atom stereocenters. The molecule has 7 nitrogen and oxygen atoms in total. The molecule has 0 fully saturated rings. The van der Waals surface area contributed by atoms with E-state index in [-0.39, 0.29) is 4.90 Å². The first-order chi connectivity index (χ1) is 8.29. The largest absolute Gasteiger partial charge is 0.399 e. The summed E-state index contributed by atoms with van der Waals surface area (Å²) in [5, 5.41) is 9.30. The molecule has 0 atom stereocenters. The van der Waals surface area contributed by atoms with Gasteiger partial charge in [0.25, 0.3) is 0 Å². The zero-order chi connectivity index (χ0) is 13.5. The van der Waals surface area contributed by atoms with Gasteiger partial charge in [-0.05, 0) is 32.0 Å². The van der Waals surface area contributed by atoms with Crippen LogP contribution in [0.15, 0.2) is 23.1 Å². The van der Waals surface area contributed by atoms with Crippen molar-refractivity contribution in [1.82, 2.24) is 14.8 Å². The highest BCUT2D eigenvalue weighted by molar-refractivity contribution is 7.89. The van der Waals surface area contributed by atoms with Crippen molar-refractivity contribution in [1.29, 1.82) is 0 Å². The van der Waals surface area contributed by atoms with Crippen LogP contribution in [0.2, 0.25) is 0 Å². The maximum Gasteiger partial charge on any atom is 0.240 e. The number of benzene rings is 1. The zero-order valence-electron chi connectivity index (χ0n) is 9.95. The van der Waals surface area contributed by atoms with Gasteiger partial charge in [0.2, 0.25) is 10.0 Å². The van der Waals surface area contributed by atoms with Crippen LogP contribution in [0.25, 0.3) is 5.69 Å². The Morgan fingerprint density at radius 1 is 1.28 bits per heavy atom. The lowest BCUT2D eigenvalue weighted by molar-refractivity contribution is 0.596. The predicted octanol–water partition coefficient (Wildman–Crippen LogP) is 0.114. The minimum absolute atomic E-state index is 0.0736. The fourth-order valence-electron chi connectivity index (χ4n) is 1.68. The molecule has 0 saturated carbocycles. The van der Waals surface area contributed by atoms with Crippen molar-refractivity contribution in [2.24, 2.45) is 5.14 Å². The van der Waals surface area contributed by atoms with Gasteiger partial charge in [-0.2, -0.15) is 5.10 Å². The second-order valence-corrected chi connectivity index (χ2v) is 5.42. The monoisotopic (exact) mass is 267 g/mol. The topological polar surface area (TPSA) is 117 Å². The number of primary sulfonamides is 1. The van der Waals surface area contributed by atoms with Crippen molar-refractivity contribution >= 4 is 15.7 Å². The first-order valence-electron chi connectivity index (χ1n) is 5.12. The summed E-state index contributed by atoms with van der Waals surface area (Å²) in [6.45, 7) is 3.45. The van der Waals surface area contributed by atoms with Crippen LogP contribution < -0.4 is 10.9 Å². The fourth-order valence-corrected chi connectivity index (χ4v) is 2.43. The van der Waals surface area contributed by atoms with E-state index in [1.165, 1.54) is 10.7 Å². The lowest BCUT2D eigenvalue weighted by Gasteiger charge is -2.09. The highest BCUT2D eigenvalue weighted by Gasteiger charge is 2.18. The van der Waals surface area contributed by atoms with E-state index in [2.05, 4.69) is 10.1 Å². The van der Waals surface area contributed by atoms with Crippen LogP contribution in [-0.2, 0) is 10.0 Å². The number of hydrogen-bond acceptors (Lipinski definition) is 5. The highest BCUT2D eigenvalue weighted by atomic mass is 32.2. The van der Waals surface area contributed by atoms with Crippen molar-refractivity contribution in [2.45, 2.75) is 18.7 Å². The molecule has 0 aliphatic carbocycles. The van der Waals surface area contributed by atoms with Crippen LogP contribution in [0.1, 0.15) is 11.6 Å². The molecule has 96 valence electrons. The van der Waals surface area contributed by atoms with E-state index in [1.807, 2.05) is 0 Å². The normalized spacial score (nSPS) is 11.7. The summed E-state index contributed by atoms with van der Waals surface area (Å²) in [6.07, 6.45) is 0. The molecule has 8 heteroatoms. The smallest absolute Gasteiger partial charge is 0.240 e. The summed E-state index contributed by atoms with van der Waals surface area (Å²) in [4.78, 5) is 4.04. The molecule has 4 N–H and O–H groups in total. The number of nitrogen functional groups attached to an aromatic ring is 1. The lowest BCUT2D eigenvalue weighted by atomic mass is 10.3. The van der Waals surface area contributed by atoms with Crippen LogP contribution in [0.4, 0.5) is 5.69 Å². The molecule has 1 aromatic heterocycles. The molecule has 2 aromatic rings. The van der Waals surface area contributed by atoms with Crippen LogP contribution in [0.3, 0.4) is 0 Å². The molecular weight excluding hydrogens is 254 g/mol. The van der Waals surface area contributed by atoms with Gasteiger partial charge in [-0.25, -0.2) is 23.2 Å². The maximum absolute atomic E-state index is 11.6. The van der Waals surface area contributed by atoms with Crippen molar-refractivity contribution in [3.8, 4) is 5.69 Å².